The van der Waals surface area contributed by atoms with Crippen molar-refractivity contribution in [2.45, 2.75) is 33.1 Å². The molecule has 3 rings (SSSR count). The van der Waals surface area contributed by atoms with Crippen molar-refractivity contribution in [3.63, 3.8) is 0 Å². The fourth-order valence-corrected chi connectivity index (χ4v) is 4.60. The third-order valence-corrected chi connectivity index (χ3v) is 5.84. The van der Waals surface area contributed by atoms with Gasteiger partial charge in [0.15, 0.2) is 0 Å². The zero-order valence-electron chi connectivity index (χ0n) is 14.2. The van der Waals surface area contributed by atoms with Gasteiger partial charge in [-0.3, -0.25) is 4.79 Å². The van der Waals surface area contributed by atoms with Crippen molar-refractivity contribution in [1.29, 1.82) is 0 Å². The van der Waals surface area contributed by atoms with E-state index in [-0.39, 0.29) is 5.41 Å². The number of likely N-dealkylation sites (tertiary alicyclic amines) is 1. The predicted octanol–water partition coefficient (Wildman–Crippen LogP) is 1.81. The molecule has 1 amide bonds. The minimum Gasteiger partial charge on any atom is -0.383 e. The zero-order valence-corrected chi connectivity index (χ0v) is 15.1. The van der Waals surface area contributed by atoms with E-state index in [0.29, 0.717) is 25.0 Å². The zero-order chi connectivity index (χ0) is 16.4. The summed E-state index contributed by atoms with van der Waals surface area (Å²) < 4.78 is 5.11. The third-order valence-electron chi connectivity index (χ3n) is 4.83. The summed E-state index contributed by atoms with van der Waals surface area (Å²) in [7, 11) is 1.68. The molecule has 0 radical (unpaired) electrons. The first-order valence-corrected chi connectivity index (χ1v) is 9.21. The summed E-state index contributed by atoms with van der Waals surface area (Å²) in [6.07, 6.45) is 2.85. The number of hydrogen-bond donors (Lipinski definition) is 0. The monoisotopic (exact) mass is 338 g/mol. The van der Waals surface area contributed by atoms with Crippen molar-refractivity contribution in [3.05, 3.63) is 5.01 Å². The number of hydrogen-bond acceptors (Lipinski definition) is 6. The van der Waals surface area contributed by atoms with E-state index in [1.165, 1.54) is 0 Å². The predicted molar refractivity (Wildman–Crippen MR) is 90.8 cm³/mol. The van der Waals surface area contributed by atoms with Crippen molar-refractivity contribution in [2.75, 3.05) is 44.8 Å². The van der Waals surface area contributed by atoms with Crippen molar-refractivity contribution in [1.82, 2.24) is 15.1 Å². The van der Waals surface area contributed by atoms with E-state index in [2.05, 4.69) is 28.9 Å². The van der Waals surface area contributed by atoms with E-state index in [0.717, 1.165) is 49.0 Å². The van der Waals surface area contributed by atoms with E-state index in [4.69, 9.17) is 4.74 Å². The molecule has 2 fully saturated rings. The van der Waals surface area contributed by atoms with E-state index >= 15 is 0 Å². The van der Waals surface area contributed by atoms with Crippen LogP contribution in [0.5, 0.6) is 0 Å². The largest absolute Gasteiger partial charge is 0.383 e. The van der Waals surface area contributed by atoms with Gasteiger partial charge in [0.2, 0.25) is 11.0 Å². The number of anilines is 1. The fourth-order valence-electron chi connectivity index (χ4n) is 3.53. The molecular formula is C16H26N4O2S. The summed E-state index contributed by atoms with van der Waals surface area (Å²) in [5.41, 5.74) is -0.211. The first kappa shape index (κ1) is 16.6. The summed E-state index contributed by atoms with van der Waals surface area (Å²) in [5, 5.41) is 10.7. The maximum atomic E-state index is 12.8. The van der Waals surface area contributed by atoms with Gasteiger partial charge in [-0.05, 0) is 18.8 Å². The Kier molecular flexibility index (Phi) is 4.87. The maximum Gasteiger partial charge on any atom is 0.230 e. The first-order valence-electron chi connectivity index (χ1n) is 8.40. The van der Waals surface area contributed by atoms with Crippen LogP contribution in [0, 0.1) is 11.3 Å². The molecule has 2 aliphatic rings. The van der Waals surface area contributed by atoms with E-state index < -0.39 is 0 Å². The smallest absolute Gasteiger partial charge is 0.230 e. The minimum atomic E-state index is -0.211. The van der Waals surface area contributed by atoms with Crippen LogP contribution in [0.25, 0.3) is 0 Å². The lowest BCUT2D eigenvalue weighted by Gasteiger charge is -2.23. The Labute approximate surface area is 141 Å². The van der Waals surface area contributed by atoms with Gasteiger partial charge in [-0.15, -0.1) is 10.2 Å². The van der Waals surface area contributed by atoms with Gasteiger partial charge in [0.25, 0.3) is 0 Å². The van der Waals surface area contributed by atoms with Crippen LogP contribution in [0.2, 0.25) is 0 Å². The highest BCUT2D eigenvalue weighted by Gasteiger charge is 2.51. The molecule has 1 unspecified atom stereocenters. The van der Waals surface area contributed by atoms with Crippen LogP contribution in [0.3, 0.4) is 0 Å². The van der Waals surface area contributed by atoms with Gasteiger partial charge in [0, 0.05) is 39.7 Å². The second kappa shape index (κ2) is 6.73. The van der Waals surface area contributed by atoms with Crippen LogP contribution in [-0.4, -0.2) is 60.9 Å². The van der Waals surface area contributed by atoms with E-state index in [9.17, 15) is 4.79 Å². The highest BCUT2D eigenvalue weighted by atomic mass is 32.1. The number of ether oxygens (including phenoxy) is 1. The molecule has 0 bridgehead atoms. The Morgan fingerprint density at radius 1 is 1.30 bits per heavy atom. The van der Waals surface area contributed by atoms with Crippen molar-refractivity contribution >= 4 is 22.4 Å². The molecular weight excluding hydrogens is 312 g/mol. The molecule has 0 N–H and O–H groups in total. The van der Waals surface area contributed by atoms with Crippen molar-refractivity contribution in [3.8, 4) is 0 Å². The Bertz CT molecular complexity index is 562. The molecule has 6 nitrogen and oxygen atoms in total. The molecule has 0 aliphatic carbocycles. The van der Waals surface area contributed by atoms with Gasteiger partial charge in [-0.2, -0.15) is 0 Å². The number of amides is 1. The Morgan fingerprint density at radius 3 is 2.83 bits per heavy atom. The standard InChI is InChI=1S/C16H26N4O2S/c1-12(2)10-13-17-18-15(23-13)20-7-5-16(11-20)4-6-19(14(16)21)8-9-22-3/h12H,4-11H2,1-3H3. The molecule has 23 heavy (non-hydrogen) atoms. The maximum absolute atomic E-state index is 12.8. The Hall–Kier alpha value is -1.21. The van der Waals surface area contributed by atoms with Crippen molar-refractivity contribution < 1.29 is 9.53 Å². The number of methoxy groups -OCH3 is 1. The SMILES string of the molecule is COCCN1CCC2(CCN(c3nnc(CC(C)C)s3)C2)C1=O. The van der Waals surface area contributed by atoms with Crippen LogP contribution in [0.15, 0.2) is 0 Å². The van der Waals surface area contributed by atoms with Crippen LogP contribution < -0.4 is 4.90 Å². The molecule has 2 aliphatic heterocycles. The average molecular weight is 338 g/mol. The van der Waals surface area contributed by atoms with Crippen LogP contribution in [0.4, 0.5) is 5.13 Å². The summed E-state index contributed by atoms with van der Waals surface area (Å²) in [5.74, 6) is 0.885. The molecule has 2 saturated heterocycles. The van der Waals surface area contributed by atoms with Gasteiger partial charge in [0.05, 0.1) is 12.0 Å². The Morgan fingerprint density at radius 2 is 2.09 bits per heavy atom. The lowest BCUT2D eigenvalue weighted by molar-refractivity contribution is -0.135. The number of aromatic nitrogens is 2. The molecule has 0 saturated carbocycles. The average Bonchev–Trinajstić information content (AvgIpc) is 3.20. The summed E-state index contributed by atoms with van der Waals surface area (Å²) in [4.78, 5) is 17.0. The lowest BCUT2D eigenvalue weighted by Crippen LogP contribution is -2.38. The molecule has 128 valence electrons. The number of rotatable bonds is 6. The second-order valence-electron chi connectivity index (χ2n) is 7.06. The van der Waals surface area contributed by atoms with Crippen LogP contribution >= 0.6 is 11.3 Å². The quantitative estimate of drug-likeness (QED) is 0.792. The first-order chi connectivity index (χ1) is 11.0. The minimum absolute atomic E-state index is 0.211. The summed E-state index contributed by atoms with van der Waals surface area (Å²) >= 11 is 1.68. The van der Waals surface area contributed by atoms with Crippen molar-refractivity contribution in [2.24, 2.45) is 11.3 Å². The second-order valence-corrected chi connectivity index (χ2v) is 8.10. The fraction of sp³-hybridized carbons (Fsp3) is 0.812. The summed E-state index contributed by atoms with van der Waals surface area (Å²) in [6.45, 7) is 8.24. The van der Waals surface area contributed by atoms with E-state index in [1.54, 1.807) is 18.4 Å². The molecule has 1 atom stereocenters. The normalized spacial score (nSPS) is 24.6. The Balaban J connectivity index is 1.64. The molecule has 0 aromatic carbocycles. The summed E-state index contributed by atoms with van der Waals surface area (Å²) in [6, 6.07) is 0. The highest BCUT2D eigenvalue weighted by Crippen LogP contribution is 2.42. The van der Waals surface area contributed by atoms with E-state index in [1.807, 2.05) is 4.90 Å². The number of nitrogens with zero attached hydrogens (tertiary/aromatic N) is 4. The van der Waals surface area contributed by atoms with Gasteiger partial charge in [0.1, 0.15) is 5.01 Å². The van der Waals surface area contributed by atoms with Gasteiger partial charge >= 0.3 is 0 Å². The van der Waals surface area contributed by atoms with Gasteiger partial charge < -0.3 is 14.5 Å². The number of carbonyl (C=O) groups is 1. The molecule has 1 aromatic rings. The number of carbonyl (C=O) groups excluding carboxylic acids is 1. The van der Waals surface area contributed by atoms with Crippen LogP contribution in [0.1, 0.15) is 31.7 Å². The van der Waals surface area contributed by atoms with Crippen LogP contribution in [-0.2, 0) is 16.0 Å². The molecule has 1 aromatic heterocycles. The molecule has 7 heteroatoms. The topological polar surface area (TPSA) is 58.6 Å². The van der Waals surface area contributed by atoms with Gasteiger partial charge in [-0.25, -0.2) is 0 Å². The third kappa shape index (κ3) is 3.35. The van der Waals surface area contributed by atoms with Gasteiger partial charge in [-0.1, -0.05) is 25.2 Å². The lowest BCUT2D eigenvalue weighted by atomic mass is 9.85. The highest BCUT2D eigenvalue weighted by molar-refractivity contribution is 7.15. The molecule has 1 spiro atoms. The molecule has 3 heterocycles.